The molecule has 0 amide bonds. The van der Waals surface area contributed by atoms with E-state index in [-0.39, 0.29) is 11.7 Å². The Balaban J connectivity index is 1.83. The first-order valence-electron chi connectivity index (χ1n) is 10.8. The molecular weight excluding hydrogens is 356 g/mol. The van der Waals surface area contributed by atoms with Crippen LogP contribution in [0.25, 0.3) is 22.3 Å². The van der Waals surface area contributed by atoms with E-state index in [2.05, 4.69) is 84.0 Å². The highest BCUT2D eigenvalue weighted by molar-refractivity contribution is 5.79. The molecule has 3 aromatic rings. The van der Waals surface area contributed by atoms with E-state index in [1.54, 1.807) is 0 Å². The molecule has 0 aliphatic heterocycles. The summed E-state index contributed by atoms with van der Waals surface area (Å²) in [7, 11) is 0. The van der Waals surface area contributed by atoms with Crippen molar-refractivity contribution < 1.29 is 4.74 Å². The molecule has 2 aromatic carbocycles. The van der Waals surface area contributed by atoms with Crippen LogP contribution in [0.3, 0.4) is 0 Å². The summed E-state index contributed by atoms with van der Waals surface area (Å²) in [6.07, 6.45) is 3.42. The smallest absolute Gasteiger partial charge is 0.0927 e. The second-order valence-electron chi connectivity index (χ2n) is 9.08. The number of benzene rings is 2. The average Bonchev–Trinajstić information content (AvgIpc) is 2.66. The van der Waals surface area contributed by atoms with Crippen LogP contribution in [0.15, 0.2) is 48.5 Å². The third-order valence-electron chi connectivity index (χ3n) is 5.15. The molecule has 0 aliphatic carbocycles. The van der Waals surface area contributed by atoms with Gasteiger partial charge in [0, 0.05) is 5.56 Å². The minimum atomic E-state index is -0.0831. The first kappa shape index (κ1) is 21.4. The highest BCUT2D eigenvalue weighted by Crippen LogP contribution is 2.29. The Labute approximate surface area is 175 Å². The lowest BCUT2D eigenvalue weighted by Crippen LogP contribution is -2.28. The van der Waals surface area contributed by atoms with Crippen molar-refractivity contribution in [3.05, 3.63) is 59.8 Å². The van der Waals surface area contributed by atoms with E-state index in [4.69, 9.17) is 14.7 Å². The van der Waals surface area contributed by atoms with Crippen LogP contribution in [0.1, 0.15) is 71.6 Å². The van der Waals surface area contributed by atoms with E-state index in [0.29, 0.717) is 5.92 Å². The summed E-state index contributed by atoms with van der Waals surface area (Å²) in [5.41, 5.74) is 6.36. The number of ether oxygens (including phenoxy) is 1. The van der Waals surface area contributed by atoms with Gasteiger partial charge >= 0.3 is 0 Å². The van der Waals surface area contributed by atoms with Gasteiger partial charge in [-0.25, -0.2) is 9.97 Å². The molecule has 1 heterocycles. The summed E-state index contributed by atoms with van der Waals surface area (Å²) in [5, 5.41) is 0. The summed E-state index contributed by atoms with van der Waals surface area (Å²) < 4.78 is 6.02. The van der Waals surface area contributed by atoms with Crippen molar-refractivity contribution >= 4 is 11.0 Å². The number of fused-ring (bicyclic) bond motifs is 1. The van der Waals surface area contributed by atoms with Crippen LogP contribution < -0.4 is 0 Å². The van der Waals surface area contributed by atoms with Crippen molar-refractivity contribution in [3.8, 4) is 11.3 Å². The van der Waals surface area contributed by atoms with Gasteiger partial charge in [-0.2, -0.15) is 0 Å². The predicted octanol–water partition coefficient (Wildman–Crippen LogP) is 6.95. The third-order valence-corrected chi connectivity index (χ3v) is 5.15. The summed E-state index contributed by atoms with van der Waals surface area (Å²) in [4.78, 5) is 10.00. The van der Waals surface area contributed by atoms with Crippen molar-refractivity contribution in [1.82, 2.24) is 9.97 Å². The fraction of sp³-hybridized carbons (Fsp3) is 0.462. The van der Waals surface area contributed by atoms with Crippen LogP contribution in [0, 0.1) is 0 Å². The maximum atomic E-state index is 6.02. The molecule has 1 aromatic heterocycles. The third kappa shape index (κ3) is 5.63. The topological polar surface area (TPSA) is 35.0 Å². The standard InChI is InChI=1S/C26H34N2O/c1-18(2)24-25(21-12-8-7-9-13-21)27-22-15-14-20(17-23(22)28-24)11-10-16-26(5,6)29-19(3)4/h7-9,12-15,17-19H,10-11,16H2,1-6H3. The number of hydrogen-bond acceptors (Lipinski definition) is 3. The summed E-state index contributed by atoms with van der Waals surface area (Å²) in [5.74, 6) is 0.319. The summed E-state index contributed by atoms with van der Waals surface area (Å²) in [6, 6.07) is 16.9. The molecule has 0 spiro atoms. The van der Waals surface area contributed by atoms with E-state index in [9.17, 15) is 0 Å². The predicted molar refractivity (Wildman–Crippen MR) is 122 cm³/mol. The van der Waals surface area contributed by atoms with Gasteiger partial charge in [-0.1, -0.05) is 50.2 Å². The molecule has 0 radical (unpaired) electrons. The normalized spacial score (nSPS) is 12.3. The van der Waals surface area contributed by atoms with Gasteiger partial charge in [-0.15, -0.1) is 0 Å². The number of rotatable bonds is 8. The number of nitrogens with zero attached hydrogens (tertiary/aromatic N) is 2. The molecule has 0 fully saturated rings. The zero-order valence-electron chi connectivity index (χ0n) is 18.7. The Hall–Kier alpha value is -2.26. The number of hydrogen-bond donors (Lipinski definition) is 0. The monoisotopic (exact) mass is 390 g/mol. The molecule has 0 unspecified atom stereocenters. The number of aryl methyl sites for hydroxylation is 1. The molecule has 154 valence electrons. The minimum Gasteiger partial charge on any atom is -0.373 e. The van der Waals surface area contributed by atoms with Gasteiger partial charge < -0.3 is 4.74 Å². The molecular formula is C26H34N2O. The van der Waals surface area contributed by atoms with Crippen LogP contribution in [-0.4, -0.2) is 21.7 Å². The zero-order valence-corrected chi connectivity index (χ0v) is 18.7. The Bertz CT molecular complexity index is 946. The van der Waals surface area contributed by atoms with Crippen LogP contribution in [0.4, 0.5) is 0 Å². The van der Waals surface area contributed by atoms with E-state index < -0.39 is 0 Å². The Morgan fingerprint density at radius 3 is 2.28 bits per heavy atom. The van der Waals surface area contributed by atoms with Gasteiger partial charge in [0.1, 0.15) is 0 Å². The first-order valence-corrected chi connectivity index (χ1v) is 10.8. The zero-order chi connectivity index (χ0) is 21.0. The number of aromatic nitrogens is 2. The summed E-state index contributed by atoms with van der Waals surface area (Å²) >= 11 is 0. The van der Waals surface area contributed by atoms with Gasteiger partial charge in [0.25, 0.3) is 0 Å². The maximum Gasteiger partial charge on any atom is 0.0927 e. The van der Waals surface area contributed by atoms with Crippen LogP contribution in [0.5, 0.6) is 0 Å². The van der Waals surface area contributed by atoms with Gasteiger partial charge in [0.05, 0.1) is 34.1 Å². The molecule has 0 saturated heterocycles. The van der Waals surface area contributed by atoms with Crippen molar-refractivity contribution in [1.29, 1.82) is 0 Å². The van der Waals surface area contributed by atoms with Crippen LogP contribution in [0.2, 0.25) is 0 Å². The molecule has 0 saturated carbocycles. The second-order valence-corrected chi connectivity index (χ2v) is 9.08. The van der Waals surface area contributed by atoms with E-state index in [0.717, 1.165) is 47.2 Å². The molecule has 0 atom stereocenters. The van der Waals surface area contributed by atoms with Crippen LogP contribution in [-0.2, 0) is 11.2 Å². The van der Waals surface area contributed by atoms with Crippen LogP contribution >= 0.6 is 0 Å². The minimum absolute atomic E-state index is 0.0831. The van der Waals surface area contributed by atoms with E-state index in [1.165, 1.54) is 5.56 Å². The van der Waals surface area contributed by atoms with Gasteiger partial charge in [0.2, 0.25) is 0 Å². The van der Waals surface area contributed by atoms with Crippen molar-refractivity contribution in [3.63, 3.8) is 0 Å². The molecule has 3 heteroatoms. The Kier molecular flexibility index (Phi) is 6.69. The fourth-order valence-corrected chi connectivity index (χ4v) is 3.90. The fourth-order valence-electron chi connectivity index (χ4n) is 3.90. The van der Waals surface area contributed by atoms with Crippen molar-refractivity contribution in [2.75, 3.05) is 0 Å². The molecule has 0 N–H and O–H groups in total. The van der Waals surface area contributed by atoms with Crippen molar-refractivity contribution in [2.45, 2.75) is 78.4 Å². The Morgan fingerprint density at radius 2 is 1.62 bits per heavy atom. The average molecular weight is 391 g/mol. The molecule has 0 bridgehead atoms. The van der Waals surface area contributed by atoms with Gasteiger partial charge in [-0.3, -0.25) is 0 Å². The molecule has 29 heavy (non-hydrogen) atoms. The highest BCUT2D eigenvalue weighted by Gasteiger charge is 2.19. The lowest BCUT2D eigenvalue weighted by Gasteiger charge is -2.27. The van der Waals surface area contributed by atoms with Crippen molar-refractivity contribution in [2.24, 2.45) is 0 Å². The van der Waals surface area contributed by atoms with E-state index in [1.807, 2.05) is 6.07 Å². The quantitative estimate of drug-likeness (QED) is 0.417. The second kappa shape index (κ2) is 9.04. The largest absolute Gasteiger partial charge is 0.373 e. The molecule has 0 aliphatic rings. The van der Waals surface area contributed by atoms with Gasteiger partial charge in [-0.05, 0) is 70.6 Å². The highest BCUT2D eigenvalue weighted by atomic mass is 16.5. The SMILES string of the molecule is CC(C)OC(C)(C)CCCc1ccc2nc(-c3ccccc3)c(C(C)C)nc2c1. The lowest BCUT2D eigenvalue weighted by atomic mass is 9.97. The van der Waals surface area contributed by atoms with E-state index >= 15 is 0 Å². The first-order chi connectivity index (χ1) is 13.7. The maximum absolute atomic E-state index is 6.02. The molecule has 3 nitrogen and oxygen atoms in total. The summed E-state index contributed by atoms with van der Waals surface area (Å²) in [6.45, 7) is 12.9. The molecule has 3 rings (SSSR count). The Morgan fingerprint density at radius 1 is 0.897 bits per heavy atom. The van der Waals surface area contributed by atoms with Gasteiger partial charge in [0.15, 0.2) is 0 Å². The lowest BCUT2D eigenvalue weighted by molar-refractivity contribution is -0.0611.